The lowest BCUT2D eigenvalue weighted by Gasteiger charge is -2.21. The van der Waals surface area contributed by atoms with Gasteiger partial charge in [0, 0.05) is 13.6 Å². The van der Waals surface area contributed by atoms with E-state index in [0.29, 0.717) is 18.5 Å². The second kappa shape index (κ2) is 6.77. The molecule has 1 aromatic rings. The number of likely N-dealkylation sites (N-methyl/N-ethyl adjacent to an activating group) is 1. The molecule has 4 heteroatoms. The van der Waals surface area contributed by atoms with Gasteiger partial charge in [-0.25, -0.2) is 0 Å². The van der Waals surface area contributed by atoms with Crippen LogP contribution in [0.3, 0.4) is 0 Å². The second-order valence-corrected chi connectivity index (χ2v) is 4.40. The van der Waals surface area contributed by atoms with Crippen LogP contribution in [0.1, 0.15) is 30.9 Å². The van der Waals surface area contributed by atoms with Crippen molar-refractivity contribution in [3.8, 4) is 6.07 Å². The lowest BCUT2D eigenvalue weighted by molar-refractivity contribution is -0.131. The monoisotopic (exact) mass is 245 g/mol. The van der Waals surface area contributed by atoms with E-state index >= 15 is 0 Å². The predicted octanol–water partition coefficient (Wildman–Crippen LogP) is 1.64. The van der Waals surface area contributed by atoms with Crippen LogP contribution in [0, 0.1) is 11.3 Å². The normalized spacial score (nSPS) is 11.7. The number of hydrogen-bond donors (Lipinski definition) is 1. The molecule has 0 heterocycles. The van der Waals surface area contributed by atoms with Gasteiger partial charge in [0.1, 0.15) is 0 Å². The number of amides is 1. The Labute approximate surface area is 108 Å². The van der Waals surface area contributed by atoms with Gasteiger partial charge < -0.3 is 10.6 Å². The molecule has 0 saturated carbocycles. The molecule has 0 aliphatic rings. The van der Waals surface area contributed by atoms with Crippen LogP contribution in [0.25, 0.3) is 0 Å². The maximum Gasteiger partial charge on any atom is 0.239 e. The van der Waals surface area contributed by atoms with Crippen LogP contribution < -0.4 is 5.73 Å². The molecule has 1 amide bonds. The van der Waals surface area contributed by atoms with Crippen LogP contribution in [0.15, 0.2) is 24.3 Å². The predicted molar refractivity (Wildman–Crippen MR) is 70.5 cm³/mol. The SMILES string of the molecule is CCC[C@H](N)C(=O)N(C)Cc1ccc(C#N)cc1. The van der Waals surface area contributed by atoms with E-state index in [0.717, 1.165) is 12.0 Å². The van der Waals surface area contributed by atoms with Crippen molar-refractivity contribution in [2.24, 2.45) is 5.73 Å². The molecule has 0 spiro atoms. The molecule has 1 atom stereocenters. The summed E-state index contributed by atoms with van der Waals surface area (Å²) in [6.45, 7) is 2.52. The molecule has 0 saturated heterocycles. The van der Waals surface area contributed by atoms with Crippen molar-refractivity contribution in [1.29, 1.82) is 5.26 Å². The molecular weight excluding hydrogens is 226 g/mol. The number of hydrogen-bond acceptors (Lipinski definition) is 3. The van der Waals surface area contributed by atoms with Gasteiger partial charge in [-0.3, -0.25) is 4.79 Å². The molecule has 18 heavy (non-hydrogen) atoms. The Morgan fingerprint density at radius 1 is 1.44 bits per heavy atom. The topological polar surface area (TPSA) is 70.1 Å². The summed E-state index contributed by atoms with van der Waals surface area (Å²) in [5.41, 5.74) is 7.41. The smallest absolute Gasteiger partial charge is 0.239 e. The molecule has 2 N–H and O–H groups in total. The van der Waals surface area contributed by atoms with Gasteiger partial charge in [-0.15, -0.1) is 0 Å². The van der Waals surface area contributed by atoms with Crippen LogP contribution in [0.4, 0.5) is 0 Å². The molecule has 0 radical (unpaired) electrons. The lowest BCUT2D eigenvalue weighted by Crippen LogP contribution is -2.41. The van der Waals surface area contributed by atoms with Gasteiger partial charge in [0.25, 0.3) is 0 Å². The van der Waals surface area contributed by atoms with Crippen molar-refractivity contribution in [2.75, 3.05) is 7.05 Å². The summed E-state index contributed by atoms with van der Waals surface area (Å²) in [7, 11) is 1.75. The molecule has 1 rings (SSSR count). The van der Waals surface area contributed by atoms with Gasteiger partial charge >= 0.3 is 0 Å². The summed E-state index contributed by atoms with van der Waals surface area (Å²) < 4.78 is 0. The maximum absolute atomic E-state index is 11.9. The Hall–Kier alpha value is -1.86. The highest BCUT2D eigenvalue weighted by Gasteiger charge is 2.16. The molecule has 0 aliphatic carbocycles. The van der Waals surface area contributed by atoms with E-state index in [9.17, 15) is 4.79 Å². The maximum atomic E-state index is 11.9. The Kier molecular flexibility index (Phi) is 5.34. The standard InChI is InChI=1S/C14H19N3O/c1-3-4-13(16)14(18)17(2)10-12-7-5-11(9-15)6-8-12/h5-8,13H,3-4,10,16H2,1-2H3/t13-/m0/s1. The van der Waals surface area contributed by atoms with Gasteiger partial charge in [0.05, 0.1) is 17.7 Å². The molecule has 0 unspecified atom stereocenters. The fourth-order valence-corrected chi connectivity index (χ4v) is 1.75. The minimum atomic E-state index is -0.418. The van der Waals surface area contributed by atoms with Crippen molar-refractivity contribution < 1.29 is 4.79 Å². The number of rotatable bonds is 5. The fraction of sp³-hybridized carbons (Fsp3) is 0.429. The van der Waals surface area contributed by atoms with Gasteiger partial charge in [0.2, 0.25) is 5.91 Å². The minimum Gasteiger partial charge on any atom is -0.340 e. The zero-order chi connectivity index (χ0) is 13.5. The number of carbonyl (C=O) groups excluding carboxylic acids is 1. The zero-order valence-corrected chi connectivity index (χ0v) is 10.9. The average molecular weight is 245 g/mol. The lowest BCUT2D eigenvalue weighted by atomic mass is 10.1. The number of nitriles is 1. The molecule has 0 fully saturated rings. The zero-order valence-electron chi connectivity index (χ0n) is 10.9. The summed E-state index contributed by atoms with van der Waals surface area (Å²) in [4.78, 5) is 13.5. The van der Waals surface area contributed by atoms with Crippen LogP contribution in [-0.2, 0) is 11.3 Å². The first-order valence-electron chi connectivity index (χ1n) is 6.08. The third-order valence-corrected chi connectivity index (χ3v) is 2.80. The number of benzene rings is 1. The van der Waals surface area contributed by atoms with Crippen molar-refractivity contribution in [3.63, 3.8) is 0 Å². The number of carbonyl (C=O) groups is 1. The number of nitrogens with zero attached hydrogens (tertiary/aromatic N) is 2. The Morgan fingerprint density at radius 2 is 2.06 bits per heavy atom. The van der Waals surface area contributed by atoms with Crippen LogP contribution in [0.2, 0.25) is 0 Å². The quantitative estimate of drug-likeness (QED) is 0.857. The molecule has 1 aromatic carbocycles. The van der Waals surface area contributed by atoms with E-state index in [1.165, 1.54) is 0 Å². The largest absolute Gasteiger partial charge is 0.340 e. The molecule has 4 nitrogen and oxygen atoms in total. The molecule has 0 bridgehead atoms. The Bertz CT molecular complexity index is 433. The highest BCUT2D eigenvalue weighted by Crippen LogP contribution is 2.07. The minimum absolute atomic E-state index is 0.0405. The summed E-state index contributed by atoms with van der Waals surface area (Å²) in [5, 5.41) is 8.70. The van der Waals surface area contributed by atoms with E-state index in [1.54, 1.807) is 24.1 Å². The van der Waals surface area contributed by atoms with E-state index in [-0.39, 0.29) is 5.91 Å². The van der Waals surface area contributed by atoms with E-state index in [4.69, 9.17) is 11.0 Å². The van der Waals surface area contributed by atoms with E-state index < -0.39 is 6.04 Å². The van der Waals surface area contributed by atoms with Crippen LogP contribution in [-0.4, -0.2) is 23.9 Å². The first-order chi connectivity index (χ1) is 8.58. The van der Waals surface area contributed by atoms with E-state index in [1.807, 2.05) is 19.1 Å². The fourth-order valence-electron chi connectivity index (χ4n) is 1.75. The van der Waals surface area contributed by atoms with Crippen molar-refractivity contribution in [2.45, 2.75) is 32.4 Å². The second-order valence-electron chi connectivity index (χ2n) is 4.40. The van der Waals surface area contributed by atoms with Crippen molar-refractivity contribution in [3.05, 3.63) is 35.4 Å². The van der Waals surface area contributed by atoms with Crippen LogP contribution in [0.5, 0.6) is 0 Å². The first-order valence-corrected chi connectivity index (χ1v) is 6.08. The van der Waals surface area contributed by atoms with Crippen molar-refractivity contribution in [1.82, 2.24) is 4.90 Å². The van der Waals surface area contributed by atoms with E-state index in [2.05, 4.69) is 6.07 Å². The molecule has 0 aliphatic heterocycles. The number of nitrogens with two attached hydrogens (primary N) is 1. The summed E-state index contributed by atoms with van der Waals surface area (Å²) in [6, 6.07) is 8.86. The summed E-state index contributed by atoms with van der Waals surface area (Å²) in [6.07, 6.45) is 1.61. The van der Waals surface area contributed by atoms with Gasteiger partial charge in [0.15, 0.2) is 0 Å². The molecule has 0 aromatic heterocycles. The average Bonchev–Trinajstić information content (AvgIpc) is 2.39. The Balaban J connectivity index is 2.61. The van der Waals surface area contributed by atoms with Gasteiger partial charge in [-0.1, -0.05) is 25.5 Å². The Morgan fingerprint density at radius 3 is 2.56 bits per heavy atom. The van der Waals surface area contributed by atoms with Gasteiger partial charge in [-0.05, 0) is 24.1 Å². The molecule has 96 valence electrons. The summed E-state index contributed by atoms with van der Waals surface area (Å²) >= 11 is 0. The van der Waals surface area contributed by atoms with Gasteiger partial charge in [-0.2, -0.15) is 5.26 Å². The first kappa shape index (κ1) is 14.2. The third-order valence-electron chi connectivity index (χ3n) is 2.80. The third kappa shape index (κ3) is 3.86. The van der Waals surface area contributed by atoms with Crippen LogP contribution >= 0.6 is 0 Å². The van der Waals surface area contributed by atoms with Crippen molar-refractivity contribution >= 4 is 5.91 Å². The highest BCUT2D eigenvalue weighted by molar-refractivity contribution is 5.81. The molecular formula is C14H19N3O. The summed E-state index contributed by atoms with van der Waals surface area (Å²) in [5.74, 6) is -0.0405. The highest BCUT2D eigenvalue weighted by atomic mass is 16.2.